The quantitative estimate of drug-likeness (QED) is 0.884. The highest BCUT2D eigenvalue weighted by Crippen LogP contribution is 2.22. The van der Waals surface area contributed by atoms with Crippen LogP contribution in [0.15, 0.2) is 48.5 Å². The van der Waals surface area contributed by atoms with Crippen LogP contribution in [-0.4, -0.2) is 35.0 Å². The molecule has 0 heterocycles. The Balaban J connectivity index is 2.07. The van der Waals surface area contributed by atoms with Crippen LogP contribution in [-0.2, 0) is 0 Å². The number of hydrogen-bond donors (Lipinski definition) is 1. The molecule has 0 aromatic heterocycles. The molecule has 0 bridgehead atoms. The van der Waals surface area contributed by atoms with Gasteiger partial charge in [0.15, 0.2) is 0 Å². The second-order valence-corrected chi connectivity index (χ2v) is 4.93. The Kier molecular flexibility index (Phi) is 5.36. The van der Waals surface area contributed by atoms with Crippen molar-refractivity contribution in [2.24, 2.45) is 0 Å². The van der Waals surface area contributed by atoms with Crippen LogP contribution < -0.4 is 4.74 Å². The molecule has 1 N–H and O–H groups in total. The van der Waals surface area contributed by atoms with Gasteiger partial charge < -0.3 is 14.7 Å². The van der Waals surface area contributed by atoms with Crippen molar-refractivity contribution in [1.82, 2.24) is 4.90 Å². The highest BCUT2D eigenvalue weighted by atomic mass is 16.5. The minimum atomic E-state index is -0.976. The van der Waals surface area contributed by atoms with Gasteiger partial charge in [0.05, 0.1) is 5.56 Å². The van der Waals surface area contributed by atoms with Gasteiger partial charge in [-0.2, -0.15) is 0 Å². The van der Waals surface area contributed by atoms with Gasteiger partial charge in [0.2, 0.25) is 0 Å². The van der Waals surface area contributed by atoms with Gasteiger partial charge >= 0.3 is 5.97 Å². The van der Waals surface area contributed by atoms with Crippen molar-refractivity contribution in [2.45, 2.75) is 13.8 Å². The van der Waals surface area contributed by atoms with Crippen LogP contribution in [0.25, 0.3) is 0 Å². The molecule has 2 rings (SSSR count). The summed E-state index contributed by atoms with van der Waals surface area (Å²) in [5.74, 6) is 0.144. The molecule has 23 heavy (non-hydrogen) atoms. The monoisotopic (exact) mass is 313 g/mol. The van der Waals surface area contributed by atoms with E-state index in [1.165, 1.54) is 12.1 Å². The Labute approximate surface area is 135 Å². The summed E-state index contributed by atoms with van der Waals surface area (Å²) in [5, 5.41) is 8.86. The lowest BCUT2D eigenvalue weighted by Gasteiger charge is -2.18. The third-order valence-corrected chi connectivity index (χ3v) is 3.49. The summed E-state index contributed by atoms with van der Waals surface area (Å²) in [5.41, 5.74) is 0.819. The minimum absolute atomic E-state index is 0.00707. The molecule has 5 heteroatoms. The first-order valence-corrected chi connectivity index (χ1v) is 7.45. The van der Waals surface area contributed by atoms with Gasteiger partial charge in [-0.1, -0.05) is 0 Å². The van der Waals surface area contributed by atoms with E-state index < -0.39 is 5.97 Å². The first-order chi connectivity index (χ1) is 11.0. The van der Waals surface area contributed by atoms with Gasteiger partial charge in [0.25, 0.3) is 5.91 Å². The number of aromatic carboxylic acids is 1. The predicted octanol–water partition coefficient (Wildman–Crippen LogP) is 3.66. The van der Waals surface area contributed by atoms with Crippen molar-refractivity contribution in [2.75, 3.05) is 13.1 Å². The van der Waals surface area contributed by atoms with Crippen LogP contribution in [0.3, 0.4) is 0 Å². The molecular weight excluding hydrogens is 294 g/mol. The van der Waals surface area contributed by atoms with Crippen molar-refractivity contribution in [1.29, 1.82) is 0 Å². The minimum Gasteiger partial charge on any atom is -0.478 e. The maximum absolute atomic E-state index is 12.2. The first kappa shape index (κ1) is 16.5. The van der Waals surface area contributed by atoms with E-state index in [4.69, 9.17) is 9.84 Å². The van der Waals surface area contributed by atoms with Crippen molar-refractivity contribution in [3.8, 4) is 11.5 Å². The summed E-state index contributed by atoms with van der Waals surface area (Å²) in [7, 11) is 0. The van der Waals surface area contributed by atoms with Crippen molar-refractivity contribution in [3.05, 3.63) is 59.7 Å². The molecule has 120 valence electrons. The van der Waals surface area contributed by atoms with Crippen LogP contribution in [0.1, 0.15) is 34.6 Å². The molecule has 2 aromatic carbocycles. The number of benzene rings is 2. The molecule has 0 saturated carbocycles. The molecule has 0 aliphatic heterocycles. The van der Waals surface area contributed by atoms with E-state index in [-0.39, 0.29) is 11.5 Å². The summed E-state index contributed by atoms with van der Waals surface area (Å²) in [4.78, 5) is 24.8. The summed E-state index contributed by atoms with van der Waals surface area (Å²) >= 11 is 0. The molecule has 2 aromatic rings. The van der Waals surface area contributed by atoms with E-state index in [9.17, 15) is 9.59 Å². The second-order valence-electron chi connectivity index (χ2n) is 4.93. The fraction of sp³-hybridized carbons (Fsp3) is 0.222. The predicted molar refractivity (Wildman–Crippen MR) is 87.2 cm³/mol. The van der Waals surface area contributed by atoms with E-state index in [2.05, 4.69) is 0 Å². The van der Waals surface area contributed by atoms with Gasteiger partial charge in [-0.3, -0.25) is 4.79 Å². The Bertz CT molecular complexity index is 673. The Morgan fingerprint density at radius 1 is 0.870 bits per heavy atom. The second kappa shape index (κ2) is 7.45. The Morgan fingerprint density at radius 3 is 1.70 bits per heavy atom. The smallest absolute Gasteiger partial charge is 0.335 e. The zero-order valence-corrected chi connectivity index (χ0v) is 13.2. The highest BCUT2D eigenvalue weighted by Gasteiger charge is 2.12. The normalized spacial score (nSPS) is 10.2. The molecule has 0 spiro atoms. The zero-order chi connectivity index (χ0) is 16.8. The lowest BCUT2D eigenvalue weighted by Crippen LogP contribution is -2.30. The summed E-state index contributed by atoms with van der Waals surface area (Å²) in [6.07, 6.45) is 0. The zero-order valence-electron chi connectivity index (χ0n) is 13.2. The maximum Gasteiger partial charge on any atom is 0.335 e. The van der Waals surface area contributed by atoms with Crippen LogP contribution in [0, 0.1) is 0 Å². The summed E-state index contributed by atoms with van der Waals surface area (Å²) < 4.78 is 5.64. The van der Waals surface area contributed by atoms with Gasteiger partial charge in [-0.15, -0.1) is 0 Å². The van der Waals surface area contributed by atoms with E-state index in [0.29, 0.717) is 30.2 Å². The van der Waals surface area contributed by atoms with Crippen molar-refractivity contribution >= 4 is 11.9 Å². The number of amides is 1. The topological polar surface area (TPSA) is 66.8 Å². The number of carboxylic acids is 1. The van der Waals surface area contributed by atoms with E-state index in [1.54, 1.807) is 41.3 Å². The summed E-state index contributed by atoms with van der Waals surface area (Å²) in [6.45, 7) is 5.23. The number of hydrogen-bond acceptors (Lipinski definition) is 3. The van der Waals surface area contributed by atoms with Crippen molar-refractivity contribution in [3.63, 3.8) is 0 Å². The van der Waals surface area contributed by atoms with Crippen LogP contribution in [0.2, 0.25) is 0 Å². The fourth-order valence-electron chi connectivity index (χ4n) is 2.16. The van der Waals surface area contributed by atoms with Gasteiger partial charge in [0.1, 0.15) is 11.5 Å². The fourth-order valence-corrected chi connectivity index (χ4v) is 2.16. The SMILES string of the molecule is CCN(CC)C(=O)c1ccc(Oc2ccc(C(=O)O)cc2)cc1. The Morgan fingerprint density at radius 2 is 1.30 bits per heavy atom. The molecular formula is C18H19NO4. The number of nitrogens with zero attached hydrogens (tertiary/aromatic N) is 1. The number of carbonyl (C=O) groups is 2. The van der Waals surface area contributed by atoms with Gasteiger partial charge in [-0.25, -0.2) is 4.79 Å². The number of carboxylic acid groups (broad SMARTS) is 1. The molecule has 5 nitrogen and oxygen atoms in total. The Hall–Kier alpha value is -2.82. The van der Waals surface area contributed by atoms with Crippen LogP contribution in [0.4, 0.5) is 0 Å². The third kappa shape index (κ3) is 4.10. The molecule has 0 saturated heterocycles. The van der Waals surface area contributed by atoms with Gasteiger partial charge in [-0.05, 0) is 62.4 Å². The summed E-state index contributed by atoms with van der Waals surface area (Å²) in [6, 6.07) is 13.1. The van der Waals surface area contributed by atoms with Crippen LogP contribution in [0.5, 0.6) is 11.5 Å². The standard InChI is InChI=1S/C18H19NO4/c1-3-19(4-2)17(20)13-5-9-15(10-6-13)23-16-11-7-14(8-12-16)18(21)22/h5-12H,3-4H2,1-2H3,(H,21,22). The largest absolute Gasteiger partial charge is 0.478 e. The van der Waals surface area contributed by atoms with E-state index in [0.717, 1.165) is 0 Å². The molecule has 1 amide bonds. The average molecular weight is 313 g/mol. The molecule has 0 fully saturated rings. The van der Waals surface area contributed by atoms with Gasteiger partial charge in [0, 0.05) is 18.7 Å². The lowest BCUT2D eigenvalue weighted by molar-refractivity contribution is 0.0696. The molecule has 0 aliphatic rings. The number of ether oxygens (including phenoxy) is 1. The first-order valence-electron chi connectivity index (χ1n) is 7.45. The number of rotatable bonds is 6. The lowest BCUT2D eigenvalue weighted by atomic mass is 10.2. The van der Waals surface area contributed by atoms with Crippen LogP contribution >= 0.6 is 0 Å². The molecule has 0 radical (unpaired) electrons. The average Bonchev–Trinajstić information content (AvgIpc) is 2.57. The third-order valence-electron chi connectivity index (χ3n) is 3.49. The van der Waals surface area contributed by atoms with Crippen molar-refractivity contribution < 1.29 is 19.4 Å². The van der Waals surface area contributed by atoms with E-state index in [1.807, 2.05) is 13.8 Å². The highest BCUT2D eigenvalue weighted by molar-refractivity contribution is 5.94. The number of carbonyl (C=O) groups excluding carboxylic acids is 1. The van der Waals surface area contributed by atoms with E-state index >= 15 is 0 Å². The maximum atomic E-state index is 12.2. The molecule has 0 atom stereocenters. The molecule has 0 unspecified atom stereocenters. The molecule has 0 aliphatic carbocycles.